The van der Waals surface area contributed by atoms with Crippen molar-refractivity contribution in [3.8, 4) is 0 Å². The third kappa shape index (κ3) is 3.39. The second-order valence-corrected chi connectivity index (χ2v) is 4.27. The first kappa shape index (κ1) is 12.8. The van der Waals surface area contributed by atoms with Crippen molar-refractivity contribution in [3.05, 3.63) is 38.9 Å². The van der Waals surface area contributed by atoms with Crippen molar-refractivity contribution in [2.45, 2.75) is 5.75 Å². The summed E-state index contributed by atoms with van der Waals surface area (Å²) in [6.45, 7) is 0. The average Bonchev–Trinajstić information content (AvgIpc) is 2.19. The number of nitrogens with zero attached hydrogens (tertiary/aromatic N) is 1. The van der Waals surface area contributed by atoms with Crippen LogP contribution in [0, 0.1) is 10.1 Å². The molecule has 0 unspecified atom stereocenters. The lowest BCUT2D eigenvalue weighted by Crippen LogP contribution is -2.00. The van der Waals surface area contributed by atoms with E-state index in [-0.39, 0.29) is 22.2 Å². The van der Waals surface area contributed by atoms with E-state index in [0.29, 0.717) is 5.56 Å². The van der Waals surface area contributed by atoms with E-state index >= 15 is 0 Å². The number of halogens is 1. The molecule has 0 aliphatic rings. The van der Waals surface area contributed by atoms with Crippen LogP contribution in [0.5, 0.6) is 0 Å². The number of benzene rings is 1. The number of carbonyl (C=O) groups is 1. The molecule has 0 fully saturated rings. The van der Waals surface area contributed by atoms with Gasteiger partial charge in [0.2, 0.25) is 0 Å². The normalized spacial score (nSPS) is 10.1. The average molecular weight is 262 g/mol. The first-order valence-corrected chi connectivity index (χ1v) is 5.77. The summed E-state index contributed by atoms with van der Waals surface area (Å²) in [5.74, 6) is -0.857. The third-order valence-electron chi connectivity index (χ3n) is 1.76. The van der Waals surface area contributed by atoms with Crippen molar-refractivity contribution >= 4 is 35.0 Å². The Morgan fingerprint density at radius 3 is 2.81 bits per heavy atom. The smallest absolute Gasteiger partial charge is 0.313 e. The molecule has 1 aromatic carbocycles. The first-order valence-electron chi connectivity index (χ1n) is 4.23. The zero-order valence-electron chi connectivity index (χ0n) is 8.05. The molecule has 16 heavy (non-hydrogen) atoms. The molecule has 0 aliphatic heterocycles. The summed E-state index contributed by atoms with van der Waals surface area (Å²) in [6, 6.07) is 4.39. The van der Waals surface area contributed by atoms with Gasteiger partial charge in [0.1, 0.15) is 0 Å². The van der Waals surface area contributed by atoms with Crippen LogP contribution in [0.15, 0.2) is 18.2 Å². The summed E-state index contributed by atoms with van der Waals surface area (Å²) >= 11 is 6.90. The van der Waals surface area contributed by atoms with Crippen LogP contribution in [0.1, 0.15) is 5.56 Å². The Labute approximate surface area is 101 Å². The molecular weight excluding hydrogens is 254 g/mol. The topological polar surface area (TPSA) is 80.4 Å². The third-order valence-corrected chi connectivity index (χ3v) is 3.06. The molecule has 0 aromatic heterocycles. The predicted octanol–water partition coefficient (Wildman–Crippen LogP) is 2.57. The van der Waals surface area contributed by atoms with E-state index in [1.165, 1.54) is 12.1 Å². The number of aliphatic carboxylic acids is 1. The van der Waals surface area contributed by atoms with Crippen molar-refractivity contribution in [2.75, 3.05) is 5.75 Å². The van der Waals surface area contributed by atoms with Crippen LogP contribution < -0.4 is 0 Å². The highest BCUT2D eigenvalue weighted by Gasteiger charge is 2.16. The molecule has 86 valence electrons. The van der Waals surface area contributed by atoms with Gasteiger partial charge in [-0.3, -0.25) is 14.9 Å². The Morgan fingerprint density at radius 1 is 1.56 bits per heavy atom. The van der Waals surface area contributed by atoms with Crippen molar-refractivity contribution < 1.29 is 14.8 Å². The summed E-state index contributed by atoms with van der Waals surface area (Å²) in [4.78, 5) is 20.5. The number of hydrogen-bond acceptors (Lipinski definition) is 4. The predicted molar refractivity (Wildman–Crippen MR) is 61.9 cm³/mol. The Balaban J connectivity index is 2.84. The lowest BCUT2D eigenvalue weighted by molar-refractivity contribution is -0.385. The SMILES string of the molecule is O=C(O)CSCc1c(Cl)cccc1[N+](=O)[O-]. The fraction of sp³-hybridized carbons (Fsp3) is 0.222. The van der Waals surface area contributed by atoms with Crippen LogP contribution in [-0.2, 0) is 10.5 Å². The molecule has 1 rings (SSSR count). The molecular formula is C9H8ClNO4S. The first-order chi connectivity index (χ1) is 7.52. The van der Waals surface area contributed by atoms with Crippen LogP contribution in [-0.4, -0.2) is 21.8 Å². The van der Waals surface area contributed by atoms with Crippen LogP contribution in [0.25, 0.3) is 0 Å². The standard InChI is InChI=1S/C9H8ClNO4S/c10-7-2-1-3-8(11(14)15)6(7)4-16-5-9(12)13/h1-3H,4-5H2,(H,12,13). The maximum atomic E-state index is 10.7. The van der Waals surface area contributed by atoms with Gasteiger partial charge in [0.15, 0.2) is 0 Å². The number of carboxylic acids is 1. The van der Waals surface area contributed by atoms with Gasteiger partial charge in [-0.15, -0.1) is 11.8 Å². The number of thioether (sulfide) groups is 1. The lowest BCUT2D eigenvalue weighted by Gasteiger charge is -2.03. The van der Waals surface area contributed by atoms with E-state index < -0.39 is 10.9 Å². The van der Waals surface area contributed by atoms with Crippen molar-refractivity contribution in [1.29, 1.82) is 0 Å². The number of nitro benzene ring substituents is 1. The van der Waals surface area contributed by atoms with E-state index in [1.807, 2.05) is 0 Å². The summed E-state index contributed by atoms with van der Waals surface area (Å²) < 4.78 is 0. The number of nitro groups is 1. The highest BCUT2D eigenvalue weighted by Crippen LogP contribution is 2.29. The van der Waals surface area contributed by atoms with Crippen LogP contribution in [0.3, 0.4) is 0 Å². The summed E-state index contributed by atoms with van der Waals surface area (Å²) in [5.41, 5.74) is 0.283. The Morgan fingerprint density at radius 2 is 2.25 bits per heavy atom. The van der Waals surface area contributed by atoms with Gasteiger partial charge in [0.25, 0.3) is 5.69 Å². The summed E-state index contributed by atoms with van der Waals surface area (Å²) in [6.07, 6.45) is 0. The molecule has 0 amide bonds. The fourth-order valence-electron chi connectivity index (χ4n) is 1.10. The Kier molecular flexibility index (Phi) is 4.57. The summed E-state index contributed by atoms with van der Waals surface area (Å²) in [7, 11) is 0. The quantitative estimate of drug-likeness (QED) is 0.651. The zero-order valence-corrected chi connectivity index (χ0v) is 9.62. The minimum absolute atomic E-state index is 0.0783. The second kappa shape index (κ2) is 5.72. The lowest BCUT2D eigenvalue weighted by atomic mass is 10.2. The van der Waals surface area contributed by atoms with Crippen molar-refractivity contribution in [2.24, 2.45) is 0 Å². The molecule has 0 heterocycles. The van der Waals surface area contributed by atoms with Crippen LogP contribution in [0.2, 0.25) is 5.02 Å². The summed E-state index contributed by atoms with van der Waals surface area (Å²) in [5, 5.41) is 19.4. The molecule has 0 aliphatic carbocycles. The van der Waals surface area contributed by atoms with Gasteiger partial charge in [-0.2, -0.15) is 0 Å². The van der Waals surface area contributed by atoms with Gasteiger partial charge in [-0.1, -0.05) is 17.7 Å². The molecule has 0 saturated heterocycles. The Hall–Kier alpha value is -1.27. The molecule has 5 nitrogen and oxygen atoms in total. The second-order valence-electron chi connectivity index (χ2n) is 2.88. The van der Waals surface area contributed by atoms with E-state index in [2.05, 4.69) is 0 Å². The van der Waals surface area contributed by atoms with Gasteiger partial charge in [-0.25, -0.2) is 0 Å². The van der Waals surface area contributed by atoms with E-state index in [0.717, 1.165) is 11.8 Å². The zero-order chi connectivity index (χ0) is 12.1. The minimum atomic E-state index is -0.959. The molecule has 0 saturated carbocycles. The molecule has 0 atom stereocenters. The highest BCUT2D eigenvalue weighted by molar-refractivity contribution is 7.99. The van der Waals surface area contributed by atoms with Crippen molar-refractivity contribution in [1.82, 2.24) is 0 Å². The molecule has 1 N–H and O–H groups in total. The van der Waals surface area contributed by atoms with E-state index in [9.17, 15) is 14.9 Å². The van der Waals surface area contributed by atoms with Gasteiger partial charge in [-0.05, 0) is 6.07 Å². The van der Waals surface area contributed by atoms with Gasteiger partial charge in [0.05, 0.1) is 21.3 Å². The molecule has 1 aromatic rings. The largest absolute Gasteiger partial charge is 0.481 e. The molecule has 0 spiro atoms. The molecule has 7 heteroatoms. The van der Waals surface area contributed by atoms with E-state index in [1.54, 1.807) is 6.07 Å². The van der Waals surface area contributed by atoms with Gasteiger partial charge in [0, 0.05) is 11.8 Å². The van der Waals surface area contributed by atoms with Gasteiger partial charge >= 0.3 is 5.97 Å². The van der Waals surface area contributed by atoms with Crippen LogP contribution in [0.4, 0.5) is 5.69 Å². The molecule has 0 radical (unpaired) electrons. The monoisotopic (exact) mass is 261 g/mol. The number of hydrogen-bond donors (Lipinski definition) is 1. The fourth-order valence-corrected chi connectivity index (χ4v) is 2.20. The Bertz CT molecular complexity index is 424. The number of carboxylic acid groups (broad SMARTS) is 1. The minimum Gasteiger partial charge on any atom is -0.481 e. The number of rotatable bonds is 5. The maximum absolute atomic E-state index is 10.7. The van der Waals surface area contributed by atoms with Crippen LogP contribution >= 0.6 is 23.4 Å². The molecule has 0 bridgehead atoms. The van der Waals surface area contributed by atoms with E-state index in [4.69, 9.17) is 16.7 Å². The highest BCUT2D eigenvalue weighted by atomic mass is 35.5. The van der Waals surface area contributed by atoms with Gasteiger partial charge < -0.3 is 5.11 Å². The van der Waals surface area contributed by atoms with Crippen molar-refractivity contribution in [3.63, 3.8) is 0 Å². The maximum Gasteiger partial charge on any atom is 0.313 e.